The average molecular weight is 606 g/mol. The topological polar surface area (TPSA) is 147 Å². The number of ether oxygens (including phenoxy) is 2. The zero-order valence-electron chi connectivity index (χ0n) is 24.9. The highest BCUT2D eigenvalue weighted by Gasteiger charge is 2.79. The molecule has 1 aromatic carbocycles. The van der Waals surface area contributed by atoms with Crippen molar-refractivity contribution in [1.82, 2.24) is 4.98 Å². The Morgan fingerprint density at radius 1 is 1.18 bits per heavy atom. The third-order valence-corrected chi connectivity index (χ3v) is 11.6. The summed E-state index contributed by atoms with van der Waals surface area (Å²) in [5.74, 6) is -0.370. The lowest BCUT2D eigenvalue weighted by molar-refractivity contribution is -0.254. The van der Waals surface area contributed by atoms with Crippen LogP contribution in [0.4, 0.5) is 15.9 Å². The lowest BCUT2D eigenvalue weighted by Gasteiger charge is -2.63. The lowest BCUT2D eigenvalue weighted by atomic mass is 9.44. The number of aliphatic hydroxyl groups is 3. The Morgan fingerprint density at radius 3 is 2.66 bits per heavy atom. The van der Waals surface area contributed by atoms with E-state index in [-0.39, 0.29) is 18.1 Å². The fourth-order valence-corrected chi connectivity index (χ4v) is 9.37. The number of fused-ring (bicyclic) bond motifs is 7. The number of allylic oxidation sites excluding steroid dienone is 4. The maximum absolute atomic E-state index is 17.6. The van der Waals surface area contributed by atoms with Crippen LogP contribution in [-0.2, 0) is 20.8 Å². The first kappa shape index (κ1) is 29.6. The number of alkyl halides is 1. The third kappa shape index (κ3) is 3.94. The molecule has 6 N–H and O–H groups in total. The van der Waals surface area contributed by atoms with Crippen LogP contribution in [0, 0.1) is 22.7 Å². The highest BCUT2D eigenvalue weighted by Crippen LogP contribution is 2.72. The predicted octanol–water partition coefficient (Wildman–Crippen LogP) is 3.76. The van der Waals surface area contributed by atoms with Gasteiger partial charge in [0.2, 0.25) is 0 Å². The average Bonchev–Trinajstić information content (AvgIpc) is 3.51. The van der Waals surface area contributed by atoms with Crippen molar-refractivity contribution in [1.29, 1.82) is 0 Å². The molecule has 0 radical (unpaired) electrons. The summed E-state index contributed by atoms with van der Waals surface area (Å²) in [7, 11) is 0. The smallest absolute Gasteiger partial charge is 0.186 e. The van der Waals surface area contributed by atoms with Gasteiger partial charge in [-0.15, -0.1) is 0 Å². The number of nitrogens with two attached hydrogens (primary N) is 1. The molecule has 1 aliphatic heterocycles. The maximum Gasteiger partial charge on any atom is 0.186 e. The van der Waals surface area contributed by atoms with Crippen LogP contribution in [0.2, 0.25) is 0 Å². The first-order chi connectivity index (χ1) is 21.0. The largest absolute Gasteiger partial charge is 0.399 e. The van der Waals surface area contributed by atoms with E-state index >= 15 is 4.39 Å². The molecule has 10 atom stereocenters. The quantitative estimate of drug-likeness (QED) is 0.311. The first-order valence-electron chi connectivity index (χ1n) is 15.4. The zero-order chi connectivity index (χ0) is 31.1. The van der Waals surface area contributed by atoms with Gasteiger partial charge in [0.05, 0.1) is 18.8 Å². The van der Waals surface area contributed by atoms with Crippen molar-refractivity contribution in [2.75, 3.05) is 17.7 Å². The van der Waals surface area contributed by atoms with E-state index < -0.39 is 59.2 Å². The minimum absolute atomic E-state index is 0.00517. The molecule has 10 unspecified atom stereocenters. The molecule has 234 valence electrons. The van der Waals surface area contributed by atoms with E-state index in [9.17, 15) is 20.1 Å². The summed E-state index contributed by atoms with van der Waals surface area (Å²) in [6.45, 7) is 3.70. The van der Waals surface area contributed by atoms with Crippen LogP contribution in [0.1, 0.15) is 56.9 Å². The van der Waals surface area contributed by atoms with Gasteiger partial charge in [0.15, 0.2) is 17.7 Å². The van der Waals surface area contributed by atoms with Crippen LogP contribution in [0.5, 0.6) is 0 Å². The number of rotatable bonds is 6. The number of carbonyl (C=O) groups is 1. The Hall–Kier alpha value is -3.15. The number of nitrogen functional groups attached to an aromatic ring is 1. The number of hydrogen-bond donors (Lipinski definition) is 5. The van der Waals surface area contributed by atoms with E-state index in [0.29, 0.717) is 48.4 Å². The molecule has 0 bridgehead atoms. The number of nitrogens with one attached hydrogen (secondary N) is 1. The van der Waals surface area contributed by atoms with Gasteiger partial charge in [0.25, 0.3) is 0 Å². The molecule has 44 heavy (non-hydrogen) atoms. The summed E-state index contributed by atoms with van der Waals surface area (Å²) in [4.78, 5) is 16.7. The highest BCUT2D eigenvalue weighted by molar-refractivity contribution is 6.01. The number of ketones is 1. The van der Waals surface area contributed by atoms with Crippen molar-refractivity contribution in [3.8, 4) is 0 Å². The second kappa shape index (κ2) is 10.2. The van der Waals surface area contributed by atoms with E-state index in [4.69, 9.17) is 15.2 Å². The molecule has 3 saturated carbocycles. The van der Waals surface area contributed by atoms with Crippen LogP contribution in [0.3, 0.4) is 0 Å². The normalized spacial score (nSPS) is 41.3. The standard InChI is InChI=1S/C34H40FN3O6/c1-31-12-11-23(40)13-21(31)6-9-24-25-14-28-34(27(42)18-39,32(25,2)15-26(41)33(24,31)35)44-30(43-28)20-5-10-29(38-17-20)37-16-19-3-7-22(36)8-4-19/h3-5,7-8,10-13,17,24-28,30,39,41-42H,6,9,14-16,18,36H2,1-2H3,(H,37,38). The predicted molar refractivity (Wildman–Crippen MR) is 161 cm³/mol. The van der Waals surface area contributed by atoms with E-state index in [0.717, 1.165) is 5.56 Å². The minimum Gasteiger partial charge on any atom is -0.399 e. The highest BCUT2D eigenvalue weighted by atomic mass is 19.1. The van der Waals surface area contributed by atoms with Gasteiger partial charge in [-0.05, 0) is 80.5 Å². The summed E-state index contributed by atoms with van der Waals surface area (Å²) in [5, 5.41) is 36.7. The Bertz CT molecular complexity index is 1520. The second-order valence-corrected chi connectivity index (χ2v) is 13.6. The SMILES string of the molecule is CC12C=CC(=O)C=C1CCC1C3CC4OC(c5ccc(NCc6ccc(N)cc6)nc5)OC4(C(O)CO)C3(C)CC(O)C12F. The third-order valence-electron chi connectivity index (χ3n) is 11.6. The van der Waals surface area contributed by atoms with Gasteiger partial charge in [0, 0.05) is 40.7 Å². The molecule has 0 amide bonds. The fourth-order valence-electron chi connectivity index (χ4n) is 9.37. The van der Waals surface area contributed by atoms with Crippen LogP contribution < -0.4 is 11.1 Å². The molecule has 2 aromatic rings. The van der Waals surface area contributed by atoms with Crippen LogP contribution >= 0.6 is 0 Å². The number of carbonyl (C=O) groups excluding carboxylic acids is 1. The number of aliphatic hydroxyl groups excluding tert-OH is 3. The summed E-state index contributed by atoms with van der Waals surface area (Å²) >= 11 is 0. The summed E-state index contributed by atoms with van der Waals surface area (Å²) < 4.78 is 30.7. The Labute approximate surface area is 256 Å². The van der Waals surface area contributed by atoms with Crippen molar-refractivity contribution in [2.45, 2.75) is 81.9 Å². The molecular weight excluding hydrogens is 565 g/mol. The van der Waals surface area contributed by atoms with Gasteiger partial charge in [-0.2, -0.15) is 0 Å². The molecule has 1 saturated heterocycles. The molecule has 7 rings (SSSR count). The number of anilines is 2. The van der Waals surface area contributed by atoms with Crippen LogP contribution in [0.25, 0.3) is 0 Å². The first-order valence-corrected chi connectivity index (χ1v) is 15.4. The molecule has 10 heteroatoms. The van der Waals surface area contributed by atoms with Gasteiger partial charge < -0.3 is 35.8 Å². The number of pyridine rings is 1. The minimum atomic E-state index is -2.01. The molecule has 5 aliphatic rings. The Kier molecular flexibility index (Phi) is 6.84. The molecule has 0 spiro atoms. The van der Waals surface area contributed by atoms with Gasteiger partial charge in [-0.3, -0.25) is 4.79 Å². The van der Waals surface area contributed by atoms with Crippen molar-refractivity contribution in [3.63, 3.8) is 0 Å². The molecular formula is C34H40FN3O6. The number of hydrogen-bond acceptors (Lipinski definition) is 9. The van der Waals surface area contributed by atoms with Crippen LogP contribution in [0.15, 0.2) is 66.4 Å². The molecule has 9 nitrogen and oxygen atoms in total. The number of nitrogens with zero attached hydrogens (tertiary/aromatic N) is 1. The van der Waals surface area contributed by atoms with E-state index in [1.54, 1.807) is 19.2 Å². The molecule has 4 fully saturated rings. The second-order valence-electron chi connectivity index (χ2n) is 13.6. The van der Waals surface area contributed by atoms with Gasteiger partial charge in [-0.25, -0.2) is 9.37 Å². The Balaban J connectivity index is 1.16. The molecule has 1 aromatic heterocycles. The zero-order valence-corrected chi connectivity index (χ0v) is 24.9. The van der Waals surface area contributed by atoms with Crippen molar-refractivity contribution in [2.24, 2.45) is 22.7 Å². The molecule has 4 aliphatic carbocycles. The van der Waals surface area contributed by atoms with Crippen molar-refractivity contribution >= 4 is 17.3 Å². The van der Waals surface area contributed by atoms with Crippen molar-refractivity contribution in [3.05, 3.63) is 77.5 Å². The number of aromatic nitrogens is 1. The number of halogens is 1. The van der Waals surface area contributed by atoms with Gasteiger partial charge in [0.1, 0.15) is 17.5 Å². The van der Waals surface area contributed by atoms with Crippen molar-refractivity contribution < 1.29 is 34.0 Å². The summed E-state index contributed by atoms with van der Waals surface area (Å²) in [5.41, 5.74) is 3.47. The monoisotopic (exact) mass is 605 g/mol. The maximum atomic E-state index is 17.6. The molecule has 2 heterocycles. The van der Waals surface area contributed by atoms with Gasteiger partial charge in [-0.1, -0.05) is 30.7 Å². The number of benzene rings is 1. The summed E-state index contributed by atoms with van der Waals surface area (Å²) in [6.07, 6.45) is 3.38. The lowest BCUT2D eigenvalue weighted by Crippen LogP contribution is -2.70. The summed E-state index contributed by atoms with van der Waals surface area (Å²) in [6, 6.07) is 11.2. The van der Waals surface area contributed by atoms with Gasteiger partial charge >= 0.3 is 0 Å². The van der Waals surface area contributed by atoms with E-state index in [2.05, 4.69) is 10.3 Å². The Morgan fingerprint density at radius 2 is 1.95 bits per heavy atom. The fraction of sp³-hybridized carbons (Fsp3) is 0.529. The van der Waals surface area contributed by atoms with Crippen LogP contribution in [-0.4, -0.2) is 62.3 Å². The van der Waals surface area contributed by atoms with E-state index in [1.165, 1.54) is 12.2 Å². The van der Waals surface area contributed by atoms with E-state index in [1.807, 2.05) is 43.3 Å².